The average molecular weight is 472 g/mol. The van der Waals surface area contributed by atoms with Crippen LogP contribution in [0.4, 0.5) is 5.69 Å². The summed E-state index contributed by atoms with van der Waals surface area (Å²) in [6.07, 6.45) is 6.14. The molecule has 0 amide bonds. The van der Waals surface area contributed by atoms with Gasteiger partial charge in [0, 0.05) is 36.3 Å². The van der Waals surface area contributed by atoms with Crippen LogP contribution in [0.3, 0.4) is 0 Å². The lowest BCUT2D eigenvalue weighted by atomic mass is 9.79. The molecule has 3 aromatic rings. The Morgan fingerprint density at radius 2 is 1.53 bits per heavy atom. The lowest BCUT2D eigenvalue weighted by Gasteiger charge is -2.39. The first-order valence-electron chi connectivity index (χ1n) is 12.2. The second-order valence-corrected chi connectivity index (χ2v) is 8.58. The van der Waals surface area contributed by atoms with E-state index in [-0.39, 0.29) is 5.70 Å². The zero-order valence-corrected chi connectivity index (χ0v) is 20.7. The maximum absolute atomic E-state index is 9.68. The minimum atomic E-state index is -0.855. The van der Waals surface area contributed by atoms with Crippen LogP contribution in [0.15, 0.2) is 114 Å². The van der Waals surface area contributed by atoms with E-state index in [1.807, 2.05) is 78.9 Å². The van der Waals surface area contributed by atoms with Gasteiger partial charge in [-0.15, -0.1) is 0 Å². The molecule has 0 spiro atoms. The van der Waals surface area contributed by atoms with Crippen LogP contribution < -0.4 is 4.90 Å². The molecular weight excluding hydrogens is 442 g/mol. The van der Waals surface area contributed by atoms with Crippen molar-refractivity contribution in [1.29, 1.82) is 5.26 Å². The van der Waals surface area contributed by atoms with Crippen LogP contribution in [0.25, 0.3) is 10.9 Å². The number of ether oxygens (including phenoxy) is 1. The molecule has 0 bridgehead atoms. The first-order chi connectivity index (χ1) is 17.6. The van der Waals surface area contributed by atoms with E-state index in [9.17, 15) is 5.26 Å². The molecule has 4 heteroatoms. The van der Waals surface area contributed by atoms with Crippen molar-refractivity contribution in [2.24, 2.45) is 0 Å². The third-order valence-electron chi connectivity index (χ3n) is 6.51. The highest BCUT2D eigenvalue weighted by Crippen LogP contribution is 2.45. The number of nitriles is 1. The smallest absolute Gasteiger partial charge is 0.265 e. The molecule has 0 saturated heterocycles. The molecule has 0 unspecified atom stereocenters. The van der Waals surface area contributed by atoms with Crippen molar-refractivity contribution in [1.82, 2.24) is 0 Å². The Bertz CT molecular complexity index is 1300. The largest absolute Gasteiger partial charge is 0.478 e. The molecule has 178 valence electrons. The number of hydrogen-bond acceptors (Lipinski definition) is 3. The van der Waals surface area contributed by atoms with Gasteiger partial charge in [-0.25, -0.2) is 10.1 Å². The molecule has 1 aliphatic rings. The Morgan fingerprint density at radius 1 is 0.944 bits per heavy atom. The molecule has 0 aromatic heterocycles. The van der Waals surface area contributed by atoms with E-state index in [1.165, 1.54) is 5.69 Å². The van der Waals surface area contributed by atoms with Crippen molar-refractivity contribution in [3.05, 3.63) is 142 Å². The fourth-order valence-electron chi connectivity index (χ4n) is 4.63. The van der Waals surface area contributed by atoms with Crippen molar-refractivity contribution >= 4 is 11.8 Å². The highest BCUT2D eigenvalue weighted by molar-refractivity contribution is 5.59. The fraction of sp³-hybridized carbons (Fsp3) is 0.188. The second-order valence-electron chi connectivity index (χ2n) is 8.58. The standard InChI is InChI=1S/C32H29N3O/c1-4-35(5-2)29-19-16-25(17-20-29)18-21-30-22-26(31(24-33)34-3)23-32(36-30,27-12-8-6-9-13-27)28-14-10-7-11-15-28/h6-22H,4-5,23H2,1-2H3/b21-18+,31-26+. The predicted octanol–water partition coefficient (Wildman–Crippen LogP) is 7.49. The summed E-state index contributed by atoms with van der Waals surface area (Å²) in [5, 5.41) is 9.68. The van der Waals surface area contributed by atoms with Gasteiger partial charge in [0.15, 0.2) is 5.60 Å². The maximum atomic E-state index is 9.68. The van der Waals surface area contributed by atoms with Crippen molar-refractivity contribution in [2.45, 2.75) is 25.9 Å². The molecule has 3 aromatic carbocycles. The molecule has 0 fully saturated rings. The van der Waals surface area contributed by atoms with E-state index in [4.69, 9.17) is 11.3 Å². The van der Waals surface area contributed by atoms with Gasteiger partial charge in [-0.05, 0) is 49.3 Å². The number of allylic oxidation sites excluding steroid dienone is 3. The highest BCUT2D eigenvalue weighted by atomic mass is 16.5. The minimum absolute atomic E-state index is 0.0870. The first kappa shape index (κ1) is 24.6. The summed E-state index contributed by atoms with van der Waals surface area (Å²) in [4.78, 5) is 5.82. The van der Waals surface area contributed by atoms with Crippen LogP contribution >= 0.6 is 0 Å². The minimum Gasteiger partial charge on any atom is -0.478 e. The molecule has 1 heterocycles. The van der Waals surface area contributed by atoms with Crippen molar-refractivity contribution < 1.29 is 4.74 Å². The van der Waals surface area contributed by atoms with Gasteiger partial charge in [-0.2, -0.15) is 0 Å². The second kappa shape index (κ2) is 11.3. The Labute approximate surface area is 213 Å². The quantitative estimate of drug-likeness (QED) is 0.265. The topological polar surface area (TPSA) is 40.6 Å². The van der Waals surface area contributed by atoms with Crippen LogP contribution in [-0.4, -0.2) is 13.1 Å². The van der Waals surface area contributed by atoms with E-state index < -0.39 is 5.60 Å². The summed E-state index contributed by atoms with van der Waals surface area (Å²) in [5.74, 6) is 0.605. The van der Waals surface area contributed by atoms with Gasteiger partial charge < -0.3 is 9.64 Å². The number of rotatable bonds is 7. The van der Waals surface area contributed by atoms with Gasteiger partial charge >= 0.3 is 0 Å². The third kappa shape index (κ3) is 5.09. The zero-order valence-electron chi connectivity index (χ0n) is 20.7. The Morgan fingerprint density at radius 3 is 2.03 bits per heavy atom. The first-order valence-corrected chi connectivity index (χ1v) is 12.2. The number of benzene rings is 3. The van der Waals surface area contributed by atoms with Gasteiger partial charge in [0.2, 0.25) is 0 Å². The Balaban J connectivity index is 1.78. The monoisotopic (exact) mass is 471 g/mol. The number of nitrogens with zero attached hydrogens (tertiary/aromatic N) is 3. The zero-order chi connectivity index (χ0) is 25.4. The normalized spacial score (nSPS) is 15.8. The molecular formula is C32H29N3O. The molecule has 0 N–H and O–H groups in total. The van der Waals surface area contributed by atoms with Gasteiger partial charge in [0.05, 0.1) is 12.6 Å². The molecule has 4 rings (SSSR count). The number of hydrogen-bond donors (Lipinski definition) is 0. The SMILES string of the molecule is [C-]#[N+]/C(C#N)=C1C=C(/C=C/c2ccc(N(CC)CC)cc2)OC(c2ccccc2)(c2ccccc2)C\1. The summed E-state index contributed by atoms with van der Waals surface area (Å²) >= 11 is 0. The third-order valence-corrected chi connectivity index (χ3v) is 6.51. The summed E-state index contributed by atoms with van der Waals surface area (Å²) in [6.45, 7) is 13.8. The predicted molar refractivity (Wildman–Crippen MR) is 146 cm³/mol. The Hall–Kier alpha value is -4.54. The lowest BCUT2D eigenvalue weighted by molar-refractivity contribution is 0.0348. The average Bonchev–Trinajstić information content (AvgIpc) is 2.95. The molecule has 0 aliphatic carbocycles. The fourth-order valence-corrected chi connectivity index (χ4v) is 4.63. The van der Waals surface area contributed by atoms with E-state index >= 15 is 0 Å². The lowest BCUT2D eigenvalue weighted by Crippen LogP contribution is -2.34. The van der Waals surface area contributed by atoms with Crippen LogP contribution in [0.1, 0.15) is 37.0 Å². The van der Waals surface area contributed by atoms with Gasteiger partial charge in [-0.1, -0.05) is 78.9 Å². The molecule has 4 nitrogen and oxygen atoms in total. The van der Waals surface area contributed by atoms with Crippen LogP contribution in [0.5, 0.6) is 0 Å². The highest BCUT2D eigenvalue weighted by Gasteiger charge is 2.40. The van der Waals surface area contributed by atoms with E-state index in [0.717, 1.165) is 29.8 Å². The van der Waals surface area contributed by atoms with Crippen LogP contribution in [-0.2, 0) is 10.3 Å². The Kier molecular flexibility index (Phi) is 7.69. The van der Waals surface area contributed by atoms with E-state index in [1.54, 1.807) is 0 Å². The summed E-state index contributed by atoms with van der Waals surface area (Å²) in [5.41, 5.74) is 4.08. The van der Waals surface area contributed by atoms with E-state index in [0.29, 0.717) is 17.8 Å². The van der Waals surface area contributed by atoms with Crippen molar-refractivity contribution in [2.75, 3.05) is 18.0 Å². The molecule has 36 heavy (non-hydrogen) atoms. The van der Waals surface area contributed by atoms with E-state index in [2.05, 4.69) is 53.9 Å². The van der Waals surface area contributed by atoms with Crippen molar-refractivity contribution in [3.8, 4) is 6.07 Å². The summed E-state index contributed by atoms with van der Waals surface area (Å²) in [6, 6.07) is 30.5. The van der Waals surface area contributed by atoms with Crippen LogP contribution in [0, 0.1) is 17.9 Å². The summed E-state index contributed by atoms with van der Waals surface area (Å²) < 4.78 is 6.75. The molecule has 0 atom stereocenters. The van der Waals surface area contributed by atoms with Gasteiger partial charge in [0.25, 0.3) is 5.70 Å². The van der Waals surface area contributed by atoms with Crippen LogP contribution in [0.2, 0.25) is 0 Å². The van der Waals surface area contributed by atoms with Gasteiger partial charge in [0.1, 0.15) is 5.76 Å². The van der Waals surface area contributed by atoms with Crippen molar-refractivity contribution in [3.63, 3.8) is 0 Å². The van der Waals surface area contributed by atoms with Gasteiger partial charge in [-0.3, -0.25) is 0 Å². The molecule has 0 radical (unpaired) electrons. The summed E-state index contributed by atoms with van der Waals surface area (Å²) in [7, 11) is 0. The number of anilines is 1. The maximum Gasteiger partial charge on any atom is 0.265 e. The molecule has 1 aliphatic heterocycles. The molecule has 0 saturated carbocycles.